The van der Waals surface area contributed by atoms with Crippen LogP contribution in [0.25, 0.3) is 0 Å². The van der Waals surface area contributed by atoms with Crippen LogP contribution in [0.4, 0.5) is 8.78 Å². The van der Waals surface area contributed by atoms with Crippen LogP contribution in [0.5, 0.6) is 0 Å². The monoisotopic (exact) mass is 158 g/mol. The Morgan fingerprint density at radius 1 is 1.36 bits per heavy atom. The molecular weight excluding hydrogens is 146 g/mol. The third kappa shape index (κ3) is 1.88. The summed E-state index contributed by atoms with van der Waals surface area (Å²) in [4.78, 5) is 0. The largest absolute Gasteiger partial charge is 0.263 e. The Morgan fingerprint density at radius 2 is 2.00 bits per heavy atom. The fourth-order valence-corrected chi connectivity index (χ4v) is 1.32. The average molecular weight is 158 g/mol. The minimum absolute atomic E-state index is 0.249. The Hall–Kier alpha value is -0.660. The topological polar surface area (TPSA) is 0 Å². The SMILES string of the molecule is CCC1=CCCC=C1C(F)F. The first-order chi connectivity index (χ1) is 5.25. The van der Waals surface area contributed by atoms with E-state index in [2.05, 4.69) is 0 Å². The van der Waals surface area contributed by atoms with E-state index in [-0.39, 0.29) is 5.57 Å². The zero-order valence-electron chi connectivity index (χ0n) is 6.61. The van der Waals surface area contributed by atoms with Crippen molar-refractivity contribution in [1.82, 2.24) is 0 Å². The Bertz CT molecular complexity index is 190. The fraction of sp³-hybridized carbons (Fsp3) is 0.556. The molecule has 0 aromatic rings. The number of hydrogen-bond donors (Lipinski definition) is 0. The van der Waals surface area contributed by atoms with E-state index in [1.165, 1.54) is 0 Å². The fourth-order valence-electron chi connectivity index (χ4n) is 1.32. The predicted molar refractivity (Wildman–Crippen MR) is 41.7 cm³/mol. The highest BCUT2D eigenvalue weighted by Gasteiger charge is 2.15. The van der Waals surface area contributed by atoms with Crippen LogP contribution in [-0.4, -0.2) is 6.43 Å². The number of allylic oxidation sites excluding steroid dienone is 4. The third-order valence-corrected chi connectivity index (χ3v) is 1.91. The van der Waals surface area contributed by atoms with E-state index in [4.69, 9.17) is 0 Å². The molecule has 0 saturated carbocycles. The molecule has 0 aliphatic heterocycles. The van der Waals surface area contributed by atoms with Crippen molar-refractivity contribution in [2.45, 2.75) is 32.6 Å². The van der Waals surface area contributed by atoms with Gasteiger partial charge in [0, 0.05) is 5.57 Å². The molecule has 0 spiro atoms. The molecule has 1 aliphatic rings. The predicted octanol–water partition coefficient (Wildman–Crippen LogP) is 3.31. The van der Waals surface area contributed by atoms with Crippen LogP contribution >= 0.6 is 0 Å². The second-order valence-corrected chi connectivity index (χ2v) is 2.62. The molecule has 62 valence electrons. The summed E-state index contributed by atoms with van der Waals surface area (Å²) in [6.07, 6.45) is 3.69. The van der Waals surface area contributed by atoms with Crippen LogP contribution in [-0.2, 0) is 0 Å². The zero-order chi connectivity index (χ0) is 8.27. The Kier molecular flexibility index (Phi) is 2.80. The number of hydrogen-bond acceptors (Lipinski definition) is 0. The maximum absolute atomic E-state index is 12.2. The van der Waals surface area contributed by atoms with Crippen LogP contribution in [0, 0.1) is 0 Å². The van der Waals surface area contributed by atoms with Gasteiger partial charge in [0.05, 0.1) is 0 Å². The molecule has 0 fully saturated rings. The highest BCUT2D eigenvalue weighted by Crippen LogP contribution is 2.26. The minimum atomic E-state index is -2.29. The highest BCUT2D eigenvalue weighted by molar-refractivity contribution is 5.34. The summed E-state index contributed by atoms with van der Waals surface area (Å²) in [5.41, 5.74) is 1.07. The van der Waals surface area contributed by atoms with Crippen molar-refractivity contribution in [3.8, 4) is 0 Å². The van der Waals surface area contributed by atoms with Crippen LogP contribution in [0.2, 0.25) is 0 Å². The van der Waals surface area contributed by atoms with E-state index in [1.807, 2.05) is 13.0 Å². The molecule has 0 saturated heterocycles. The maximum Gasteiger partial charge on any atom is 0.263 e. The van der Waals surface area contributed by atoms with Gasteiger partial charge >= 0.3 is 0 Å². The Labute approximate surface area is 65.6 Å². The number of alkyl halides is 2. The smallest absolute Gasteiger partial charge is 0.205 e. The molecule has 1 rings (SSSR count). The van der Waals surface area contributed by atoms with Gasteiger partial charge in [-0.1, -0.05) is 19.1 Å². The van der Waals surface area contributed by atoms with Crippen LogP contribution in [0.1, 0.15) is 26.2 Å². The summed E-state index contributed by atoms with van der Waals surface area (Å²) < 4.78 is 24.5. The minimum Gasteiger partial charge on any atom is -0.205 e. The van der Waals surface area contributed by atoms with E-state index >= 15 is 0 Å². The molecule has 1 aliphatic carbocycles. The average Bonchev–Trinajstić information content (AvgIpc) is 2.04. The lowest BCUT2D eigenvalue weighted by Crippen LogP contribution is -2.03. The normalized spacial score (nSPS) is 18.2. The summed E-state index contributed by atoms with van der Waals surface area (Å²) in [7, 11) is 0. The molecule has 11 heavy (non-hydrogen) atoms. The second kappa shape index (κ2) is 3.65. The van der Waals surface area contributed by atoms with Crippen molar-refractivity contribution < 1.29 is 8.78 Å². The quantitative estimate of drug-likeness (QED) is 0.578. The van der Waals surface area contributed by atoms with E-state index in [0.717, 1.165) is 24.8 Å². The Balaban J connectivity index is 2.75. The molecule has 0 bridgehead atoms. The van der Waals surface area contributed by atoms with Gasteiger partial charge in [-0.25, -0.2) is 8.78 Å². The summed E-state index contributed by atoms with van der Waals surface area (Å²) >= 11 is 0. The van der Waals surface area contributed by atoms with Crippen LogP contribution in [0.15, 0.2) is 23.3 Å². The van der Waals surface area contributed by atoms with Crippen molar-refractivity contribution in [3.05, 3.63) is 23.3 Å². The third-order valence-electron chi connectivity index (χ3n) is 1.91. The van der Waals surface area contributed by atoms with Crippen molar-refractivity contribution >= 4 is 0 Å². The van der Waals surface area contributed by atoms with Gasteiger partial charge < -0.3 is 0 Å². The molecule has 0 unspecified atom stereocenters. The first-order valence-corrected chi connectivity index (χ1v) is 3.93. The van der Waals surface area contributed by atoms with Crippen molar-refractivity contribution in [2.24, 2.45) is 0 Å². The summed E-state index contributed by atoms with van der Waals surface area (Å²) in [5, 5.41) is 0. The van der Waals surface area contributed by atoms with Gasteiger partial charge in [0.15, 0.2) is 0 Å². The van der Waals surface area contributed by atoms with Crippen LogP contribution < -0.4 is 0 Å². The molecule has 0 heterocycles. The first kappa shape index (κ1) is 8.44. The van der Waals surface area contributed by atoms with Gasteiger partial charge in [-0.15, -0.1) is 0 Å². The van der Waals surface area contributed by atoms with Gasteiger partial charge in [-0.2, -0.15) is 0 Å². The molecule has 2 heteroatoms. The lowest BCUT2D eigenvalue weighted by atomic mass is 9.96. The first-order valence-electron chi connectivity index (χ1n) is 3.93. The molecule has 0 radical (unpaired) electrons. The maximum atomic E-state index is 12.2. The van der Waals surface area contributed by atoms with Gasteiger partial charge in [0.1, 0.15) is 0 Å². The van der Waals surface area contributed by atoms with Crippen molar-refractivity contribution in [2.75, 3.05) is 0 Å². The molecule has 0 aromatic carbocycles. The van der Waals surface area contributed by atoms with Crippen molar-refractivity contribution in [1.29, 1.82) is 0 Å². The van der Waals surface area contributed by atoms with Gasteiger partial charge in [-0.05, 0) is 24.8 Å². The molecule has 0 amide bonds. The zero-order valence-corrected chi connectivity index (χ0v) is 6.61. The number of halogens is 2. The van der Waals surface area contributed by atoms with Crippen LogP contribution in [0.3, 0.4) is 0 Å². The summed E-state index contributed by atoms with van der Waals surface area (Å²) in [6, 6.07) is 0. The molecule has 0 nitrogen and oxygen atoms in total. The highest BCUT2D eigenvalue weighted by atomic mass is 19.3. The van der Waals surface area contributed by atoms with E-state index < -0.39 is 6.43 Å². The van der Waals surface area contributed by atoms with Gasteiger partial charge in [0.25, 0.3) is 6.43 Å². The standard InChI is InChI=1S/C9H12F2/c1-2-7-5-3-4-6-8(7)9(10)11/h5-6,9H,2-4H2,1H3. The van der Waals surface area contributed by atoms with Crippen molar-refractivity contribution in [3.63, 3.8) is 0 Å². The van der Waals surface area contributed by atoms with E-state index in [1.54, 1.807) is 6.08 Å². The molecule has 0 N–H and O–H groups in total. The van der Waals surface area contributed by atoms with Gasteiger partial charge in [0.2, 0.25) is 0 Å². The lowest BCUT2D eigenvalue weighted by Gasteiger charge is -2.13. The summed E-state index contributed by atoms with van der Waals surface area (Å²) in [6.45, 7) is 1.91. The molecule has 0 atom stereocenters. The molecular formula is C9H12F2. The second-order valence-electron chi connectivity index (χ2n) is 2.62. The lowest BCUT2D eigenvalue weighted by molar-refractivity contribution is 0.191. The Morgan fingerprint density at radius 3 is 2.45 bits per heavy atom. The summed E-state index contributed by atoms with van der Waals surface area (Å²) in [5.74, 6) is 0. The van der Waals surface area contributed by atoms with E-state index in [9.17, 15) is 8.78 Å². The number of rotatable bonds is 2. The van der Waals surface area contributed by atoms with E-state index in [0.29, 0.717) is 0 Å². The van der Waals surface area contributed by atoms with Gasteiger partial charge in [-0.3, -0.25) is 0 Å². The molecule has 0 aromatic heterocycles.